The number of hydrogen-bond acceptors (Lipinski definition) is 5. The average molecular weight is 347 g/mol. The highest BCUT2D eigenvalue weighted by molar-refractivity contribution is 6.17. The molecule has 0 bridgehead atoms. The number of nitrogens with zero attached hydrogens (tertiary/aromatic N) is 2. The van der Waals surface area contributed by atoms with Crippen LogP contribution in [0.4, 0.5) is 0 Å². The number of nitriles is 1. The number of aldehydes is 1. The third-order valence-corrected chi connectivity index (χ3v) is 4.09. The Morgan fingerprint density at radius 2 is 2.29 bits per heavy atom. The summed E-state index contributed by atoms with van der Waals surface area (Å²) in [6.45, 7) is 2.38. The van der Waals surface area contributed by atoms with Crippen LogP contribution in [0.2, 0.25) is 0 Å². The van der Waals surface area contributed by atoms with E-state index >= 15 is 0 Å². The molecule has 6 heteroatoms. The van der Waals surface area contributed by atoms with E-state index in [0.29, 0.717) is 47.8 Å². The normalized spacial score (nSPS) is 19.8. The Hall–Kier alpha value is -2.32. The predicted octanol–water partition coefficient (Wildman–Crippen LogP) is 3.27. The maximum atomic E-state index is 11.7. The number of hydrogen-bond donors (Lipinski definition) is 0. The summed E-state index contributed by atoms with van der Waals surface area (Å²) in [6, 6.07) is 7.43. The van der Waals surface area contributed by atoms with Crippen molar-refractivity contribution in [1.29, 1.82) is 5.26 Å². The van der Waals surface area contributed by atoms with E-state index < -0.39 is 5.41 Å². The number of carbonyl (C=O) groups is 1. The molecule has 1 aromatic carbocycles. The molecule has 1 unspecified atom stereocenters. The summed E-state index contributed by atoms with van der Waals surface area (Å²) >= 11 is 5.70. The lowest BCUT2D eigenvalue weighted by molar-refractivity contribution is -0.111. The van der Waals surface area contributed by atoms with Crippen LogP contribution in [-0.2, 0) is 4.79 Å². The molecule has 0 spiro atoms. The Kier molecular flexibility index (Phi) is 5.99. The van der Waals surface area contributed by atoms with Crippen molar-refractivity contribution in [2.45, 2.75) is 13.3 Å². The number of allylic oxidation sites excluding steroid dienone is 1. The monoisotopic (exact) mass is 346 g/mol. The van der Waals surface area contributed by atoms with E-state index in [1.165, 1.54) is 0 Å². The van der Waals surface area contributed by atoms with Gasteiger partial charge in [0.1, 0.15) is 17.8 Å². The maximum absolute atomic E-state index is 11.7. The highest BCUT2D eigenvalue weighted by Crippen LogP contribution is 2.41. The lowest BCUT2D eigenvalue weighted by atomic mass is 9.77. The SMILES string of the molecule is COc1ccc(C2=CC(C)=NCC2(C#N)C=O)c(OCCCCl)c1. The molecular formula is C18H19ClN2O3. The van der Waals surface area contributed by atoms with Crippen molar-refractivity contribution in [3.63, 3.8) is 0 Å². The zero-order chi connectivity index (χ0) is 17.6. The first-order chi connectivity index (χ1) is 11.6. The Morgan fingerprint density at radius 1 is 1.50 bits per heavy atom. The van der Waals surface area contributed by atoms with Crippen LogP contribution in [0, 0.1) is 16.7 Å². The molecular weight excluding hydrogens is 328 g/mol. The van der Waals surface area contributed by atoms with Crippen LogP contribution >= 0.6 is 11.6 Å². The summed E-state index contributed by atoms with van der Waals surface area (Å²) < 4.78 is 11.1. The molecule has 0 N–H and O–H groups in total. The summed E-state index contributed by atoms with van der Waals surface area (Å²) in [5.41, 5.74) is 0.739. The Balaban J connectivity index is 2.53. The molecule has 0 saturated carbocycles. The molecule has 0 fully saturated rings. The van der Waals surface area contributed by atoms with Crippen molar-refractivity contribution in [2.75, 3.05) is 26.1 Å². The van der Waals surface area contributed by atoms with Crippen LogP contribution in [0.1, 0.15) is 18.9 Å². The smallest absolute Gasteiger partial charge is 0.157 e. The molecule has 1 heterocycles. The van der Waals surface area contributed by atoms with Gasteiger partial charge in [-0.15, -0.1) is 11.6 Å². The lowest BCUT2D eigenvalue weighted by Crippen LogP contribution is -2.30. The third-order valence-electron chi connectivity index (χ3n) is 3.83. The standard InChI is InChI=1S/C18H19ClN2O3/c1-13-8-16(18(10-20,12-22)11-21-13)15-5-4-14(23-2)9-17(15)24-7-3-6-19/h4-5,8-9,12H,3,6-7,11H2,1-2H3. The molecule has 0 saturated heterocycles. The summed E-state index contributed by atoms with van der Waals surface area (Å²) in [4.78, 5) is 15.9. The molecule has 2 rings (SSSR count). The van der Waals surface area contributed by atoms with Gasteiger partial charge in [-0.1, -0.05) is 0 Å². The first kappa shape index (κ1) is 18.0. The van der Waals surface area contributed by atoms with Crippen molar-refractivity contribution in [2.24, 2.45) is 10.4 Å². The minimum Gasteiger partial charge on any atom is -0.497 e. The molecule has 0 aromatic heterocycles. The van der Waals surface area contributed by atoms with Gasteiger partial charge in [0.2, 0.25) is 0 Å². The molecule has 24 heavy (non-hydrogen) atoms. The van der Waals surface area contributed by atoms with Crippen molar-refractivity contribution < 1.29 is 14.3 Å². The number of alkyl halides is 1. The van der Waals surface area contributed by atoms with Gasteiger partial charge in [-0.25, -0.2) is 0 Å². The fraction of sp³-hybridized carbons (Fsp3) is 0.389. The first-order valence-electron chi connectivity index (χ1n) is 7.58. The minimum atomic E-state index is -1.31. The number of methoxy groups -OCH3 is 1. The van der Waals surface area contributed by atoms with Gasteiger partial charge < -0.3 is 14.3 Å². The van der Waals surface area contributed by atoms with E-state index in [-0.39, 0.29) is 6.54 Å². The molecule has 0 aliphatic carbocycles. The van der Waals surface area contributed by atoms with Gasteiger partial charge in [-0.3, -0.25) is 4.99 Å². The van der Waals surface area contributed by atoms with Crippen LogP contribution in [0.3, 0.4) is 0 Å². The van der Waals surface area contributed by atoms with Crippen molar-refractivity contribution in [3.8, 4) is 17.6 Å². The number of dihydropyridines is 1. The molecule has 1 aliphatic rings. The lowest BCUT2D eigenvalue weighted by Gasteiger charge is -2.27. The highest BCUT2D eigenvalue weighted by Gasteiger charge is 2.38. The van der Waals surface area contributed by atoms with Gasteiger partial charge in [0.05, 0.1) is 26.3 Å². The molecule has 5 nitrogen and oxygen atoms in total. The molecule has 1 aliphatic heterocycles. The Labute approximate surface area is 146 Å². The van der Waals surface area contributed by atoms with E-state index in [4.69, 9.17) is 21.1 Å². The zero-order valence-corrected chi connectivity index (χ0v) is 14.5. The van der Waals surface area contributed by atoms with Crippen LogP contribution in [0.5, 0.6) is 11.5 Å². The van der Waals surface area contributed by atoms with E-state index in [1.54, 1.807) is 31.4 Å². The second kappa shape index (κ2) is 7.98. The second-order valence-corrected chi connectivity index (χ2v) is 5.85. The molecule has 0 radical (unpaired) electrons. The fourth-order valence-corrected chi connectivity index (χ4v) is 2.58. The van der Waals surface area contributed by atoms with Gasteiger partial charge in [0.15, 0.2) is 5.41 Å². The summed E-state index contributed by atoms with van der Waals surface area (Å²) in [5.74, 6) is 1.68. The third kappa shape index (κ3) is 3.60. The Morgan fingerprint density at radius 3 is 2.92 bits per heavy atom. The van der Waals surface area contributed by atoms with E-state index in [2.05, 4.69) is 11.1 Å². The minimum absolute atomic E-state index is 0.109. The number of aliphatic imine (C=N–C) groups is 1. The first-order valence-corrected chi connectivity index (χ1v) is 8.11. The van der Waals surface area contributed by atoms with E-state index in [9.17, 15) is 10.1 Å². The number of carbonyl (C=O) groups excluding carboxylic acids is 1. The zero-order valence-electron chi connectivity index (χ0n) is 13.7. The summed E-state index contributed by atoms with van der Waals surface area (Å²) in [6.07, 6.45) is 3.10. The summed E-state index contributed by atoms with van der Waals surface area (Å²) in [7, 11) is 1.57. The van der Waals surface area contributed by atoms with Crippen LogP contribution in [0.15, 0.2) is 29.3 Å². The number of rotatable bonds is 7. The quantitative estimate of drug-likeness (QED) is 0.431. The van der Waals surface area contributed by atoms with Gasteiger partial charge >= 0.3 is 0 Å². The molecule has 0 amide bonds. The molecule has 1 atom stereocenters. The van der Waals surface area contributed by atoms with E-state index in [1.807, 2.05) is 6.92 Å². The van der Waals surface area contributed by atoms with Crippen molar-refractivity contribution in [1.82, 2.24) is 0 Å². The van der Waals surface area contributed by atoms with Crippen LogP contribution < -0.4 is 9.47 Å². The average Bonchev–Trinajstić information content (AvgIpc) is 2.62. The highest BCUT2D eigenvalue weighted by atomic mass is 35.5. The number of halogens is 1. The van der Waals surface area contributed by atoms with Gasteiger partial charge in [0, 0.05) is 23.2 Å². The summed E-state index contributed by atoms with van der Waals surface area (Å²) in [5, 5.41) is 9.59. The topological polar surface area (TPSA) is 71.7 Å². The van der Waals surface area contributed by atoms with Crippen LogP contribution in [0.25, 0.3) is 5.57 Å². The van der Waals surface area contributed by atoms with E-state index in [0.717, 1.165) is 5.71 Å². The largest absolute Gasteiger partial charge is 0.497 e. The maximum Gasteiger partial charge on any atom is 0.157 e. The molecule has 1 aromatic rings. The second-order valence-electron chi connectivity index (χ2n) is 5.47. The predicted molar refractivity (Wildman–Crippen MR) is 93.9 cm³/mol. The molecule has 126 valence electrons. The van der Waals surface area contributed by atoms with Crippen molar-refractivity contribution >= 4 is 29.2 Å². The fourth-order valence-electron chi connectivity index (χ4n) is 2.47. The van der Waals surface area contributed by atoms with Gasteiger partial charge in [-0.2, -0.15) is 5.26 Å². The number of benzene rings is 1. The van der Waals surface area contributed by atoms with Gasteiger partial charge in [0.25, 0.3) is 0 Å². The van der Waals surface area contributed by atoms with Crippen LogP contribution in [-0.4, -0.2) is 38.1 Å². The number of ether oxygens (including phenoxy) is 2. The Bertz CT molecular complexity index is 721. The van der Waals surface area contributed by atoms with Crippen molar-refractivity contribution in [3.05, 3.63) is 29.8 Å². The van der Waals surface area contributed by atoms with Gasteiger partial charge in [-0.05, 0) is 37.1 Å².